The maximum atomic E-state index is 11.9. The van der Waals surface area contributed by atoms with E-state index in [4.69, 9.17) is 10.5 Å². The fraction of sp³-hybridized carbons (Fsp3) is 0.533. The largest absolute Gasteiger partial charge is 0.496 e. The Bertz CT molecular complexity index is 411. The zero-order valence-electron chi connectivity index (χ0n) is 12.5. The Labute approximate surface area is 127 Å². The molecule has 0 aromatic heterocycles. The third kappa shape index (κ3) is 6.26. The van der Waals surface area contributed by atoms with Gasteiger partial charge in [-0.05, 0) is 31.4 Å². The van der Waals surface area contributed by atoms with Crippen molar-refractivity contribution in [2.24, 2.45) is 5.73 Å². The highest BCUT2D eigenvalue weighted by Crippen LogP contribution is 2.17. The molecule has 1 rings (SSSR count). The molecule has 0 fully saturated rings. The highest BCUT2D eigenvalue weighted by Gasteiger charge is 2.10. The molecule has 1 amide bonds. The zero-order valence-corrected chi connectivity index (χ0v) is 13.3. The summed E-state index contributed by atoms with van der Waals surface area (Å²) < 4.78 is 5.30. The fourth-order valence-corrected chi connectivity index (χ4v) is 1.86. The lowest BCUT2D eigenvalue weighted by molar-refractivity contribution is -0.130. The van der Waals surface area contributed by atoms with E-state index >= 15 is 0 Å². The van der Waals surface area contributed by atoms with Crippen LogP contribution in [-0.2, 0) is 11.2 Å². The van der Waals surface area contributed by atoms with Crippen molar-refractivity contribution in [2.75, 3.05) is 20.7 Å². The van der Waals surface area contributed by atoms with E-state index in [-0.39, 0.29) is 24.4 Å². The van der Waals surface area contributed by atoms with Crippen LogP contribution in [0, 0.1) is 0 Å². The number of amides is 1. The predicted octanol–water partition coefficient (Wildman–Crippen LogP) is 2.25. The SMILES string of the molecule is COc1ccccc1CCN(C)C(=O)CCC(C)N.Cl. The normalized spacial score (nSPS) is 11.4. The first-order chi connectivity index (χ1) is 9.04. The number of hydrogen-bond donors (Lipinski definition) is 1. The van der Waals surface area contributed by atoms with Crippen LogP contribution < -0.4 is 10.5 Å². The van der Waals surface area contributed by atoms with Crippen molar-refractivity contribution in [2.45, 2.75) is 32.2 Å². The lowest BCUT2D eigenvalue weighted by Crippen LogP contribution is -2.30. The van der Waals surface area contributed by atoms with Crippen molar-refractivity contribution >= 4 is 18.3 Å². The smallest absolute Gasteiger partial charge is 0.222 e. The highest BCUT2D eigenvalue weighted by atomic mass is 35.5. The van der Waals surface area contributed by atoms with E-state index in [0.717, 1.165) is 24.2 Å². The van der Waals surface area contributed by atoms with E-state index < -0.39 is 0 Å². The van der Waals surface area contributed by atoms with Crippen molar-refractivity contribution in [3.63, 3.8) is 0 Å². The summed E-state index contributed by atoms with van der Waals surface area (Å²) in [6, 6.07) is 7.97. The number of methoxy groups -OCH3 is 1. The molecular weight excluding hydrogens is 276 g/mol. The van der Waals surface area contributed by atoms with Crippen LogP contribution in [0.3, 0.4) is 0 Å². The number of hydrogen-bond acceptors (Lipinski definition) is 3. The number of likely N-dealkylation sites (N-methyl/N-ethyl adjacent to an activating group) is 1. The van der Waals surface area contributed by atoms with Crippen LogP contribution in [0.25, 0.3) is 0 Å². The molecule has 0 saturated carbocycles. The molecule has 1 aromatic carbocycles. The van der Waals surface area contributed by atoms with Crippen molar-refractivity contribution in [1.29, 1.82) is 0 Å². The molecule has 114 valence electrons. The monoisotopic (exact) mass is 300 g/mol. The molecule has 1 unspecified atom stereocenters. The number of nitrogens with zero attached hydrogens (tertiary/aromatic N) is 1. The second kappa shape index (κ2) is 9.61. The second-order valence-corrected chi connectivity index (χ2v) is 4.89. The van der Waals surface area contributed by atoms with Gasteiger partial charge in [-0.1, -0.05) is 18.2 Å². The highest BCUT2D eigenvalue weighted by molar-refractivity contribution is 5.85. The predicted molar refractivity (Wildman–Crippen MR) is 84.5 cm³/mol. The molecule has 0 radical (unpaired) electrons. The van der Waals surface area contributed by atoms with Gasteiger partial charge in [0, 0.05) is 26.1 Å². The van der Waals surface area contributed by atoms with Crippen LogP contribution in [0.4, 0.5) is 0 Å². The van der Waals surface area contributed by atoms with Crippen LogP contribution >= 0.6 is 12.4 Å². The fourth-order valence-electron chi connectivity index (χ4n) is 1.86. The third-order valence-corrected chi connectivity index (χ3v) is 3.15. The zero-order chi connectivity index (χ0) is 14.3. The quantitative estimate of drug-likeness (QED) is 0.840. The van der Waals surface area contributed by atoms with Crippen LogP contribution in [0.5, 0.6) is 5.75 Å². The molecule has 0 saturated heterocycles. The summed E-state index contributed by atoms with van der Waals surface area (Å²) in [7, 11) is 3.50. The van der Waals surface area contributed by atoms with Crippen molar-refractivity contribution in [1.82, 2.24) is 4.90 Å². The molecule has 4 nitrogen and oxygen atoms in total. The summed E-state index contributed by atoms with van der Waals surface area (Å²) in [6.45, 7) is 2.61. The topological polar surface area (TPSA) is 55.6 Å². The first-order valence-electron chi connectivity index (χ1n) is 6.66. The van der Waals surface area contributed by atoms with Gasteiger partial charge in [-0.3, -0.25) is 4.79 Å². The average molecular weight is 301 g/mol. The van der Waals surface area contributed by atoms with Crippen LogP contribution in [0.15, 0.2) is 24.3 Å². The molecular formula is C15H25ClN2O2. The van der Waals surface area contributed by atoms with Gasteiger partial charge in [0.2, 0.25) is 5.91 Å². The molecule has 1 atom stereocenters. The summed E-state index contributed by atoms with van der Waals surface area (Å²) in [4.78, 5) is 13.6. The van der Waals surface area contributed by atoms with E-state index in [1.165, 1.54) is 0 Å². The molecule has 0 heterocycles. The first kappa shape index (κ1) is 18.7. The number of rotatable bonds is 7. The number of carbonyl (C=O) groups excluding carboxylic acids is 1. The first-order valence-corrected chi connectivity index (χ1v) is 6.66. The number of ether oxygens (including phenoxy) is 1. The van der Waals surface area contributed by atoms with Gasteiger partial charge >= 0.3 is 0 Å². The molecule has 1 aromatic rings. The van der Waals surface area contributed by atoms with Gasteiger partial charge in [0.1, 0.15) is 5.75 Å². The number of carbonyl (C=O) groups is 1. The van der Waals surface area contributed by atoms with E-state index in [2.05, 4.69) is 0 Å². The van der Waals surface area contributed by atoms with Gasteiger partial charge in [-0.2, -0.15) is 0 Å². The average Bonchev–Trinajstić information content (AvgIpc) is 2.42. The molecule has 0 spiro atoms. The summed E-state index contributed by atoms with van der Waals surface area (Å²) in [5, 5.41) is 0. The number of nitrogens with two attached hydrogens (primary N) is 1. The Balaban J connectivity index is 0.00000361. The van der Waals surface area contributed by atoms with Gasteiger partial charge in [-0.15, -0.1) is 12.4 Å². The molecule has 20 heavy (non-hydrogen) atoms. The van der Waals surface area contributed by atoms with Crippen LogP contribution in [0.2, 0.25) is 0 Å². The molecule has 2 N–H and O–H groups in total. The minimum atomic E-state index is 0. The Morgan fingerprint density at radius 1 is 1.40 bits per heavy atom. The molecule has 5 heteroatoms. The standard InChI is InChI=1S/C15H24N2O2.ClH/c1-12(16)8-9-15(18)17(2)11-10-13-6-4-5-7-14(13)19-3;/h4-7,12H,8-11,16H2,1-3H3;1H. The number of halogens is 1. The molecule has 0 aliphatic rings. The Hall–Kier alpha value is -1.26. The summed E-state index contributed by atoms with van der Waals surface area (Å²) in [5.41, 5.74) is 6.78. The number of benzene rings is 1. The third-order valence-electron chi connectivity index (χ3n) is 3.15. The maximum absolute atomic E-state index is 11.9. The van der Waals surface area contributed by atoms with E-state index in [9.17, 15) is 4.79 Å². The van der Waals surface area contributed by atoms with Crippen molar-refractivity contribution in [3.05, 3.63) is 29.8 Å². The van der Waals surface area contributed by atoms with Crippen molar-refractivity contribution < 1.29 is 9.53 Å². The van der Waals surface area contributed by atoms with Crippen LogP contribution in [0.1, 0.15) is 25.3 Å². The minimum Gasteiger partial charge on any atom is -0.496 e. The van der Waals surface area contributed by atoms with E-state index in [1.54, 1.807) is 12.0 Å². The van der Waals surface area contributed by atoms with E-state index in [1.807, 2.05) is 38.2 Å². The van der Waals surface area contributed by atoms with Gasteiger partial charge in [-0.25, -0.2) is 0 Å². The maximum Gasteiger partial charge on any atom is 0.222 e. The Kier molecular flexibility index (Phi) is 9.01. The Morgan fingerprint density at radius 3 is 2.65 bits per heavy atom. The van der Waals surface area contributed by atoms with Gasteiger partial charge < -0.3 is 15.4 Å². The summed E-state index contributed by atoms with van der Waals surface area (Å²) in [6.07, 6.45) is 2.04. The van der Waals surface area contributed by atoms with Gasteiger partial charge in [0.15, 0.2) is 0 Å². The minimum absolute atomic E-state index is 0. The van der Waals surface area contributed by atoms with Gasteiger partial charge in [0.25, 0.3) is 0 Å². The molecule has 0 aliphatic carbocycles. The van der Waals surface area contributed by atoms with Crippen molar-refractivity contribution in [3.8, 4) is 5.75 Å². The lowest BCUT2D eigenvalue weighted by Gasteiger charge is -2.18. The van der Waals surface area contributed by atoms with E-state index in [0.29, 0.717) is 13.0 Å². The van der Waals surface area contributed by atoms with Gasteiger partial charge in [0.05, 0.1) is 7.11 Å². The number of para-hydroxylation sites is 1. The summed E-state index contributed by atoms with van der Waals surface area (Å²) >= 11 is 0. The second-order valence-electron chi connectivity index (χ2n) is 4.89. The molecule has 0 aliphatic heterocycles. The molecule has 0 bridgehead atoms. The lowest BCUT2D eigenvalue weighted by atomic mass is 10.1. The summed E-state index contributed by atoms with van der Waals surface area (Å²) in [5.74, 6) is 1.02. The van der Waals surface area contributed by atoms with Crippen LogP contribution in [-0.4, -0.2) is 37.6 Å². The Morgan fingerprint density at radius 2 is 2.05 bits per heavy atom.